The lowest BCUT2D eigenvalue weighted by Crippen LogP contribution is -2.20. The maximum atomic E-state index is 13.2. The van der Waals surface area contributed by atoms with Gasteiger partial charge < -0.3 is 10.1 Å². The van der Waals surface area contributed by atoms with Crippen molar-refractivity contribution in [2.75, 3.05) is 11.1 Å². The van der Waals surface area contributed by atoms with Crippen LogP contribution in [0, 0.1) is 6.92 Å². The van der Waals surface area contributed by atoms with Gasteiger partial charge in [0.05, 0.1) is 11.4 Å². The lowest BCUT2D eigenvalue weighted by molar-refractivity contribution is -0.141. The number of pyridine rings is 1. The summed E-state index contributed by atoms with van der Waals surface area (Å²) in [5.41, 5.74) is 1.96. The molecular weight excluding hydrogens is 479 g/mol. The topological polar surface area (TPSA) is 81.9 Å². The van der Waals surface area contributed by atoms with Crippen LogP contribution in [0.15, 0.2) is 78.2 Å². The van der Waals surface area contributed by atoms with Crippen molar-refractivity contribution < 1.29 is 22.7 Å². The van der Waals surface area contributed by atoms with E-state index >= 15 is 0 Å². The Balaban J connectivity index is 1.47. The number of hydrogen-bond acceptors (Lipinski definition) is 6. The van der Waals surface area contributed by atoms with Crippen molar-refractivity contribution in [1.29, 1.82) is 0 Å². The number of anilines is 1. The van der Waals surface area contributed by atoms with Gasteiger partial charge in [-0.2, -0.15) is 13.2 Å². The van der Waals surface area contributed by atoms with E-state index in [1.807, 2.05) is 31.2 Å². The molecule has 0 aliphatic carbocycles. The molecule has 2 heterocycles. The van der Waals surface area contributed by atoms with Gasteiger partial charge in [-0.25, -0.2) is 0 Å². The van der Waals surface area contributed by atoms with E-state index < -0.39 is 18.6 Å². The van der Waals surface area contributed by atoms with Crippen LogP contribution >= 0.6 is 11.8 Å². The first-order valence-electron chi connectivity index (χ1n) is 10.4. The monoisotopic (exact) mass is 499 g/mol. The van der Waals surface area contributed by atoms with Crippen LogP contribution in [0.2, 0.25) is 0 Å². The number of nitrogens with one attached hydrogen (secondary N) is 1. The molecule has 0 unspecified atom stereocenters. The zero-order valence-electron chi connectivity index (χ0n) is 18.5. The van der Waals surface area contributed by atoms with E-state index in [4.69, 9.17) is 4.74 Å². The number of amides is 1. The molecule has 180 valence electrons. The lowest BCUT2D eigenvalue weighted by atomic mass is 10.2. The van der Waals surface area contributed by atoms with Crippen molar-refractivity contribution in [3.8, 4) is 22.9 Å². The van der Waals surface area contributed by atoms with E-state index in [-0.39, 0.29) is 16.7 Å². The average Bonchev–Trinajstić information content (AvgIpc) is 3.21. The van der Waals surface area contributed by atoms with Gasteiger partial charge in [0.25, 0.3) is 0 Å². The summed E-state index contributed by atoms with van der Waals surface area (Å²) in [4.78, 5) is 16.5. The highest BCUT2D eigenvalue weighted by atomic mass is 32.2. The summed E-state index contributed by atoms with van der Waals surface area (Å²) in [5, 5.41) is 10.5. The number of carbonyl (C=O) groups excluding carboxylic acids is 1. The molecule has 0 aliphatic rings. The number of halogens is 3. The molecule has 1 N–H and O–H groups in total. The Morgan fingerprint density at radius 2 is 1.74 bits per heavy atom. The van der Waals surface area contributed by atoms with E-state index in [9.17, 15) is 18.0 Å². The van der Waals surface area contributed by atoms with Crippen LogP contribution < -0.4 is 10.1 Å². The fraction of sp³-hybridized carbons (Fsp3) is 0.167. The van der Waals surface area contributed by atoms with E-state index in [0.29, 0.717) is 22.7 Å². The Kier molecular flexibility index (Phi) is 7.35. The molecule has 0 aliphatic heterocycles. The zero-order chi connectivity index (χ0) is 24.8. The predicted molar refractivity (Wildman–Crippen MR) is 126 cm³/mol. The van der Waals surface area contributed by atoms with Crippen molar-refractivity contribution in [1.82, 2.24) is 19.7 Å². The van der Waals surface area contributed by atoms with Gasteiger partial charge in [0.1, 0.15) is 12.3 Å². The second kappa shape index (κ2) is 10.6. The summed E-state index contributed by atoms with van der Waals surface area (Å²) in [6, 6.07) is 17.4. The predicted octanol–water partition coefficient (Wildman–Crippen LogP) is 5.73. The quantitative estimate of drug-likeness (QED) is 0.312. The number of rotatable bonds is 8. The number of aryl methyl sites for hydroxylation is 1. The highest BCUT2D eigenvalue weighted by molar-refractivity contribution is 7.99. The van der Waals surface area contributed by atoms with Crippen molar-refractivity contribution >= 4 is 23.4 Å². The number of ether oxygens (including phenoxy) is 1. The van der Waals surface area contributed by atoms with E-state index in [1.165, 1.54) is 12.4 Å². The molecule has 0 fully saturated rings. The summed E-state index contributed by atoms with van der Waals surface area (Å²) < 4.78 is 46.5. The molecule has 0 spiro atoms. The maximum absolute atomic E-state index is 13.2. The minimum absolute atomic E-state index is 0.0199. The molecule has 0 saturated heterocycles. The first-order chi connectivity index (χ1) is 16.8. The van der Waals surface area contributed by atoms with E-state index in [2.05, 4.69) is 20.5 Å². The van der Waals surface area contributed by atoms with Gasteiger partial charge in [0.2, 0.25) is 5.91 Å². The molecule has 4 aromatic rings. The number of carbonyl (C=O) groups is 1. The molecule has 1 amide bonds. The molecule has 0 radical (unpaired) electrons. The van der Waals surface area contributed by atoms with Crippen LogP contribution in [-0.4, -0.2) is 37.6 Å². The second-order valence-electron chi connectivity index (χ2n) is 7.49. The normalized spacial score (nSPS) is 11.3. The molecule has 2 aromatic heterocycles. The minimum atomic E-state index is -4.49. The lowest BCUT2D eigenvalue weighted by Gasteiger charge is -2.13. The SMILES string of the molecule is Cc1ccc(Oc2ccccc2NC(=O)CSc2nnc(-c3ccncc3)n2CC(F)(F)F)cc1. The van der Waals surface area contributed by atoms with Crippen LogP contribution in [0.1, 0.15) is 5.56 Å². The van der Waals surface area contributed by atoms with Crippen molar-refractivity contribution in [2.45, 2.75) is 24.8 Å². The smallest absolute Gasteiger partial charge is 0.406 e. The van der Waals surface area contributed by atoms with Gasteiger partial charge in [-0.3, -0.25) is 14.3 Å². The Hall–Kier alpha value is -3.86. The molecule has 4 rings (SSSR count). The van der Waals surface area contributed by atoms with E-state index in [1.54, 1.807) is 36.4 Å². The van der Waals surface area contributed by atoms with Gasteiger partial charge in [-0.15, -0.1) is 10.2 Å². The van der Waals surface area contributed by atoms with Crippen LogP contribution in [0.4, 0.5) is 18.9 Å². The first kappa shape index (κ1) is 24.3. The molecule has 11 heteroatoms. The maximum Gasteiger partial charge on any atom is 0.406 e. The highest BCUT2D eigenvalue weighted by Gasteiger charge is 2.31. The van der Waals surface area contributed by atoms with Crippen LogP contribution in [0.3, 0.4) is 0 Å². The van der Waals surface area contributed by atoms with Gasteiger partial charge in [0.15, 0.2) is 16.7 Å². The summed E-state index contributed by atoms with van der Waals surface area (Å²) in [5.74, 6) is 0.488. The highest BCUT2D eigenvalue weighted by Crippen LogP contribution is 2.31. The van der Waals surface area contributed by atoms with Gasteiger partial charge >= 0.3 is 6.18 Å². The number of para-hydroxylation sites is 2. The fourth-order valence-electron chi connectivity index (χ4n) is 3.14. The van der Waals surface area contributed by atoms with Crippen LogP contribution in [-0.2, 0) is 11.3 Å². The number of aromatic nitrogens is 4. The number of thioether (sulfide) groups is 1. The van der Waals surface area contributed by atoms with Crippen molar-refractivity contribution in [2.24, 2.45) is 0 Å². The summed E-state index contributed by atoms with van der Waals surface area (Å²) in [7, 11) is 0. The largest absolute Gasteiger partial charge is 0.455 e. The molecule has 0 saturated carbocycles. The van der Waals surface area contributed by atoms with Crippen molar-refractivity contribution in [3.63, 3.8) is 0 Å². The van der Waals surface area contributed by atoms with E-state index in [0.717, 1.165) is 21.9 Å². The van der Waals surface area contributed by atoms with Crippen LogP contribution in [0.5, 0.6) is 11.5 Å². The van der Waals surface area contributed by atoms with Gasteiger partial charge in [-0.1, -0.05) is 41.6 Å². The van der Waals surface area contributed by atoms with Crippen molar-refractivity contribution in [3.05, 3.63) is 78.6 Å². The van der Waals surface area contributed by atoms with Crippen LogP contribution in [0.25, 0.3) is 11.4 Å². The first-order valence-corrected chi connectivity index (χ1v) is 11.4. The Morgan fingerprint density at radius 3 is 2.46 bits per heavy atom. The third-order valence-corrected chi connectivity index (χ3v) is 5.70. The third kappa shape index (κ3) is 6.60. The van der Waals surface area contributed by atoms with Gasteiger partial charge in [-0.05, 0) is 43.3 Å². The number of nitrogens with zero attached hydrogens (tertiary/aromatic N) is 4. The third-order valence-electron chi connectivity index (χ3n) is 4.74. The molecule has 35 heavy (non-hydrogen) atoms. The molecule has 0 atom stereocenters. The second-order valence-corrected chi connectivity index (χ2v) is 8.43. The summed E-state index contributed by atoms with van der Waals surface area (Å²) in [6.07, 6.45) is -1.58. The Morgan fingerprint density at radius 1 is 1.03 bits per heavy atom. The minimum Gasteiger partial charge on any atom is -0.455 e. The average molecular weight is 500 g/mol. The molecular formula is C24H20F3N5O2S. The standard InChI is InChI=1S/C24H20F3N5O2S/c1-16-6-8-18(9-7-16)34-20-5-3-2-4-19(20)29-21(33)14-35-23-31-30-22(17-10-12-28-13-11-17)32(23)15-24(25,26)27/h2-13H,14-15H2,1H3,(H,29,33). The zero-order valence-corrected chi connectivity index (χ0v) is 19.3. The Bertz CT molecular complexity index is 1290. The number of benzene rings is 2. The Labute approximate surface area is 203 Å². The summed E-state index contributed by atoms with van der Waals surface area (Å²) in [6.45, 7) is 0.681. The molecule has 0 bridgehead atoms. The molecule has 7 nitrogen and oxygen atoms in total. The summed E-state index contributed by atoms with van der Waals surface area (Å²) >= 11 is 0.863. The fourth-order valence-corrected chi connectivity index (χ4v) is 3.88. The number of alkyl halides is 3. The van der Waals surface area contributed by atoms with Gasteiger partial charge in [0, 0.05) is 18.0 Å². The molecule has 2 aromatic carbocycles. The number of hydrogen-bond donors (Lipinski definition) is 1.